The second-order valence-corrected chi connectivity index (χ2v) is 9.89. The van der Waals surface area contributed by atoms with Crippen molar-refractivity contribution in [2.45, 2.75) is 37.6 Å². The summed E-state index contributed by atoms with van der Waals surface area (Å²) >= 11 is 0. The summed E-state index contributed by atoms with van der Waals surface area (Å²) in [7, 11) is -3.30. The largest absolute Gasteiger partial charge is 0.383 e. The van der Waals surface area contributed by atoms with E-state index in [4.69, 9.17) is 5.73 Å². The third-order valence-corrected chi connectivity index (χ3v) is 6.47. The van der Waals surface area contributed by atoms with Crippen LogP contribution in [0.2, 0.25) is 0 Å². The number of benzene rings is 1. The molecule has 1 aliphatic heterocycles. The number of likely N-dealkylation sites (tertiary alicyclic amines) is 1. The van der Waals surface area contributed by atoms with Crippen LogP contribution in [0.15, 0.2) is 41.4 Å². The Labute approximate surface area is 176 Å². The maximum atomic E-state index is 13.0. The van der Waals surface area contributed by atoms with Crippen LogP contribution in [0.5, 0.6) is 0 Å². The van der Waals surface area contributed by atoms with Crippen molar-refractivity contribution in [3.63, 3.8) is 0 Å². The number of nitrogens with zero attached hydrogens (tertiary/aromatic N) is 2. The van der Waals surface area contributed by atoms with E-state index >= 15 is 0 Å². The number of carbonyl (C=O) groups excluding carboxylic acids is 2. The highest BCUT2D eigenvalue weighted by Crippen LogP contribution is 2.34. The Balaban J connectivity index is 1.81. The molecule has 2 aromatic rings. The van der Waals surface area contributed by atoms with E-state index in [-0.39, 0.29) is 16.9 Å². The SMILES string of the molecule is Cc1cc(NC(=O)C(=O)N2C[C@H](C)CC[C@H]2c2ccc(S(C)(=O)=O)cc2)cnc1N. The van der Waals surface area contributed by atoms with E-state index in [1.165, 1.54) is 18.3 Å². The summed E-state index contributed by atoms with van der Waals surface area (Å²) in [5.41, 5.74) is 7.61. The van der Waals surface area contributed by atoms with Gasteiger partial charge in [0, 0.05) is 12.8 Å². The fraction of sp³-hybridized carbons (Fsp3) is 0.381. The number of aromatic nitrogens is 1. The Kier molecular flexibility index (Phi) is 6.12. The lowest BCUT2D eigenvalue weighted by Gasteiger charge is -2.38. The molecule has 0 spiro atoms. The molecule has 1 aliphatic rings. The summed E-state index contributed by atoms with van der Waals surface area (Å²) in [4.78, 5) is 31.4. The molecule has 8 nitrogen and oxygen atoms in total. The van der Waals surface area contributed by atoms with Gasteiger partial charge in [0.2, 0.25) is 0 Å². The highest BCUT2D eigenvalue weighted by Gasteiger charge is 2.34. The smallest absolute Gasteiger partial charge is 0.313 e. The van der Waals surface area contributed by atoms with Crippen LogP contribution in [0.25, 0.3) is 0 Å². The number of pyridine rings is 1. The van der Waals surface area contributed by atoms with Crippen molar-refractivity contribution in [3.05, 3.63) is 47.7 Å². The number of nitrogens with two attached hydrogens (primary N) is 1. The molecule has 0 aliphatic carbocycles. The van der Waals surface area contributed by atoms with Crippen LogP contribution in [0.4, 0.5) is 11.5 Å². The van der Waals surface area contributed by atoms with Crippen molar-refractivity contribution >= 4 is 33.2 Å². The van der Waals surface area contributed by atoms with Gasteiger partial charge in [-0.3, -0.25) is 9.59 Å². The first kappa shape index (κ1) is 21.8. The zero-order valence-corrected chi connectivity index (χ0v) is 18.1. The molecule has 1 saturated heterocycles. The van der Waals surface area contributed by atoms with Gasteiger partial charge in [-0.1, -0.05) is 19.1 Å². The molecule has 0 radical (unpaired) electrons. The van der Waals surface area contributed by atoms with Crippen LogP contribution in [0.3, 0.4) is 0 Å². The summed E-state index contributed by atoms with van der Waals surface area (Å²) in [5, 5.41) is 2.60. The summed E-state index contributed by atoms with van der Waals surface area (Å²) < 4.78 is 23.4. The summed E-state index contributed by atoms with van der Waals surface area (Å²) in [6, 6.07) is 7.86. The van der Waals surface area contributed by atoms with E-state index in [1.807, 2.05) is 6.92 Å². The molecule has 30 heavy (non-hydrogen) atoms. The predicted octanol–water partition coefficient (Wildman–Crippen LogP) is 2.31. The van der Waals surface area contributed by atoms with Gasteiger partial charge in [-0.2, -0.15) is 0 Å². The third kappa shape index (κ3) is 4.79. The number of amides is 2. The number of aryl methyl sites for hydroxylation is 1. The number of sulfone groups is 1. The Bertz CT molecular complexity index is 1070. The van der Waals surface area contributed by atoms with E-state index < -0.39 is 21.7 Å². The molecule has 0 unspecified atom stereocenters. The zero-order chi connectivity index (χ0) is 22.1. The molecule has 1 aromatic carbocycles. The molecule has 2 amide bonds. The van der Waals surface area contributed by atoms with E-state index in [1.54, 1.807) is 30.0 Å². The Morgan fingerprint density at radius 1 is 1.20 bits per heavy atom. The van der Waals surface area contributed by atoms with Crippen molar-refractivity contribution in [1.82, 2.24) is 9.88 Å². The quantitative estimate of drug-likeness (QED) is 0.721. The maximum absolute atomic E-state index is 13.0. The van der Waals surface area contributed by atoms with Gasteiger partial charge in [0.1, 0.15) is 5.82 Å². The van der Waals surface area contributed by atoms with Gasteiger partial charge in [-0.05, 0) is 55.0 Å². The van der Waals surface area contributed by atoms with Gasteiger partial charge >= 0.3 is 11.8 Å². The highest BCUT2D eigenvalue weighted by molar-refractivity contribution is 7.90. The zero-order valence-electron chi connectivity index (χ0n) is 17.3. The van der Waals surface area contributed by atoms with Gasteiger partial charge in [-0.25, -0.2) is 13.4 Å². The minimum Gasteiger partial charge on any atom is -0.383 e. The summed E-state index contributed by atoms with van der Waals surface area (Å²) in [5.74, 6) is -0.753. The molecular formula is C21H26N4O4S. The molecule has 160 valence electrons. The number of nitrogen functional groups attached to an aromatic ring is 1. The maximum Gasteiger partial charge on any atom is 0.313 e. The number of anilines is 2. The first-order valence-electron chi connectivity index (χ1n) is 9.70. The normalized spacial score (nSPS) is 19.4. The monoisotopic (exact) mass is 430 g/mol. The lowest BCUT2D eigenvalue weighted by atomic mass is 9.90. The van der Waals surface area contributed by atoms with Crippen LogP contribution in [-0.4, -0.2) is 42.9 Å². The van der Waals surface area contributed by atoms with Crippen molar-refractivity contribution < 1.29 is 18.0 Å². The number of nitrogens with one attached hydrogen (secondary N) is 1. The van der Waals surface area contributed by atoms with E-state index in [2.05, 4.69) is 10.3 Å². The fourth-order valence-electron chi connectivity index (χ4n) is 3.63. The number of carbonyl (C=O) groups is 2. The van der Waals surface area contributed by atoms with Crippen LogP contribution in [0.1, 0.15) is 36.9 Å². The van der Waals surface area contributed by atoms with Gasteiger partial charge in [0.25, 0.3) is 0 Å². The van der Waals surface area contributed by atoms with Crippen molar-refractivity contribution in [1.29, 1.82) is 0 Å². The average molecular weight is 431 g/mol. The van der Waals surface area contributed by atoms with Gasteiger partial charge < -0.3 is 16.0 Å². The molecule has 2 atom stereocenters. The molecule has 1 fully saturated rings. The second-order valence-electron chi connectivity index (χ2n) is 7.88. The lowest BCUT2D eigenvalue weighted by Crippen LogP contribution is -2.46. The van der Waals surface area contributed by atoms with Gasteiger partial charge in [0.15, 0.2) is 9.84 Å². The third-order valence-electron chi connectivity index (χ3n) is 5.34. The number of rotatable bonds is 3. The lowest BCUT2D eigenvalue weighted by molar-refractivity contribution is -0.146. The molecule has 0 bridgehead atoms. The van der Waals surface area contributed by atoms with Crippen molar-refractivity contribution in [2.75, 3.05) is 23.9 Å². The molecule has 2 heterocycles. The van der Waals surface area contributed by atoms with Crippen LogP contribution in [0, 0.1) is 12.8 Å². The van der Waals surface area contributed by atoms with Crippen molar-refractivity contribution in [3.8, 4) is 0 Å². The minimum absolute atomic E-state index is 0.220. The number of hydrogen-bond donors (Lipinski definition) is 2. The Hall–Kier alpha value is -2.94. The van der Waals surface area contributed by atoms with Crippen LogP contribution in [-0.2, 0) is 19.4 Å². The van der Waals surface area contributed by atoms with Gasteiger partial charge in [0.05, 0.1) is 22.8 Å². The van der Waals surface area contributed by atoms with Crippen molar-refractivity contribution in [2.24, 2.45) is 5.92 Å². The number of piperidine rings is 1. The minimum atomic E-state index is -3.30. The fourth-order valence-corrected chi connectivity index (χ4v) is 4.26. The van der Waals surface area contributed by atoms with Gasteiger partial charge in [-0.15, -0.1) is 0 Å². The van der Waals surface area contributed by atoms with E-state index in [9.17, 15) is 18.0 Å². The molecule has 3 N–H and O–H groups in total. The van der Waals surface area contributed by atoms with Crippen LogP contribution >= 0.6 is 0 Å². The Morgan fingerprint density at radius 2 is 1.87 bits per heavy atom. The average Bonchev–Trinajstić information content (AvgIpc) is 2.69. The number of hydrogen-bond acceptors (Lipinski definition) is 6. The van der Waals surface area contributed by atoms with Crippen LogP contribution < -0.4 is 11.1 Å². The molecular weight excluding hydrogens is 404 g/mol. The first-order chi connectivity index (χ1) is 14.1. The summed E-state index contributed by atoms with van der Waals surface area (Å²) in [6.07, 6.45) is 4.16. The second kappa shape index (κ2) is 8.43. The van der Waals surface area contributed by atoms with E-state index in [0.29, 0.717) is 30.0 Å². The Morgan fingerprint density at radius 3 is 2.47 bits per heavy atom. The first-order valence-corrected chi connectivity index (χ1v) is 11.6. The summed E-state index contributed by atoms with van der Waals surface area (Å²) in [6.45, 7) is 4.25. The molecule has 0 saturated carbocycles. The molecule has 9 heteroatoms. The standard InChI is InChI=1S/C21H26N4O4S/c1-13-4-9-18(15-5-7-17(8-6-15)30(3,28)29)25(12-13)21(27)20(26)24-16-10-14(2)19(22)23-11-16/h5-8,10-11,13,18H,4,9,12H2,1-3H3,(H2,22,23)(H,24,26)/t13-,18+/m1/s1. The molecule has 3 rings (SSSR count). The topological polar surface area (TPSA) is 122 Å². The van der Waals surface area contributed by atoms with E-state index in [0.717, 1.165) is 18.2 Å². The molecule has 1 aromatic heterocycles. The highest BCUT2D eigenvalue weighted by atomic mass is 32.2. The predicted molar refractivity (Wildman–Crippen MR) is 114 cm³/mol.